The van der Waals surface area contributed by atoms with Crippen LogP contribution in [-0.4, -0.2) is 10.1 Å². The standard InChI is InChI=1S/C11H17NO/c1-3-4-5-11(13)10-6-7-12-9(2)8-10/h6-8,11,13H,3-5H2,1-2H3. The van der Waals surface area contributed by atoms with Gasteiger partial charge in [0.25, 0.3) is 0 Å². The van der Waals surface area contributed by atoms with E-state index in [4.69, 9.17) is 0 Å². The minimum Gasteiger partial charge on any atom is -0.388 e. The number of aliphatic hydroxyl groups excluding tert-OH is 1. The zero-order chi connectivity index (χ0) is 9.68. The van der Waals surface area contributed by atoms with Crippen molar-refractivity contribution in [2.75, 3.05) is 0 Å². The van der Waals surface area contributed by atoms with Crippen molar-refractivity contribution in [2.45, 2.75) is 39.2 Å². The van der Waals surface area contributed by atoms with Gasteiger partial charge in [0.1, 0.15) is 0 Å². The SMILES string of the molecule is CCCCC(O)c1ccnc(C)c1. The van der Waals surface area contributed by atoms with Crippen molar-refractivity contribution in [3.8, 4) is 0 Å². The highest BCUT2D eigenvalue weighted by atomic mass is 16.3. The zero-order valence-electron chi connectivity index (χ0n) is 8.33. The molecule has 0 aliphatic carbocycles. The molecule has 1 aromatic rings. The first-order valence-electron chi connectivity index (χ1n) is 4.84. The predicted molar refractivity (Wildman–Crippen MR) is 53.5 cm³/mol. The molecular weight excluding hydrogens is 162 g/mol. The molecule has 0 spiro atoms. The number of unbranched alkanes of at least 4 members (excludes halogenated alkanes) is 1. The van der Waals surface area contributed by atoms with Gasteiger partial charge >= 0.3 is 0 Å². The largest absolute Gasteiger partial charge is 0.388 e. The van der Waals surface area contributed by atoms with Crippen LogP contribution < -0.4 is 0 Å². The Morgan fingerprint density at radius 3 is 2.92 bits per heavy atom. The van der Waals surface area contributed by atoms with E-state index in [-0.39, 0.29) is 6.10 Å². The number of pyridine rings is 1. The Kier molecular flexibility index (Phi) is 3.90. The highest BCUT2D eigenvalue weighted by Gasteiger charge is 2.06. The summed E-state index contributed by atoms with van der Waals surface area (Å²) >= 11 is 0. The van der Waals surface area contributed by atoms with Gasteiger partial charge in [-0.3, -0.25) is 4.98 Å². The van der Waals surface area contributed by atoms with Crippen LogP contribution in [0.2, 0.25) is 0 Å². The Bertz CT molecular complexity index is 260. The number of aryl methyl sites for hydroxylation is 1. The van der Waals surface area contributed by atoms with Gasteiger partial charge in [-0.05, 0) is 31.0 Å². The van der Waals surface area contributed by atoms with Gasteiger partial charge in [0.2, 0.25) is 0 Å². The van der Waals surface area contributed by atoms with E-state index in [0.29, 0.717) is 0 Å². The average molecular weight is 179 g/mol. The Morgan fingerprint density at radius 2 is 2.31 bits per heavy atom. The number of hydrogen-bond donors (Lipinski definition) is 1. The Hall–Kier alpha value is -0.890. The van der Waals surface area contributed by atoms with E-state index < -0.39 is 0 Å². The van der Waals surface area contributed by atoms with Crippen molar-refractivity contribution in [1.29, 1.82) is 0 Å². The maximum Gasteiger partial charge on any atom is 0.0791 e. The lowest BCUT2D eigenvalue weighted by molar-refractivity contribution is 0.164. The van der Waals surface area contributed by atoms with E-state index >= 15 is 0 Å². The fraction of sp³-hybridized carbons (Fsp3) is 0.545. The molecule has 1 unspecified atom stereocenters. The molecular formula is C11H17NO. The first-order chi connectivity index (χ1) is 6.24. The Balaban J connectivity index is 2.60. The lowest BCUT2D eigenvalue weighted by Gasteiger charge is -2.10. The van der Waals surface area contributed by atoms with Crippen molar-refractivity contribution >= 4 is 0 Å². The van der Waals surface area contributed by atoms with Crippen LogP contribution in [0.5, 0.6) is 0 Å². The zero-order valence-corrected chi connectivity index (χ0v) is 8.33. The molecule has 0 saturated carbocycles. The van der Waals surface area contributed by atoms with Gasteiger partial charge in [-0.1, -0.05) is 19.8 Å². The average Bonchev–Trinajstić information content (AvgIpc) is 2.14. The van der Waals surface area contributed by atoms with Crippen LogP contribution in [0.25, 0.3) is 0 Å². The van der Waals surface area contributed by atoms with Gasteiger partial charge < -0.3 is 5.11 Å². The molecule has 0 aromatic carbocycles. The Morgan fingerprint density at radius 1 is 1.54 bits per heavy atom. The fourth-order valence-corrected chi connectivity index (χ4v) is 1.34. The van der Waals surface area contributed by atoms with Crippen LogP contribution in [0.4, 0.5) is 0 Å². The molecule has 0 radical (unpaired) electrons. The molecule has 1 heterocycles. The summed E-state index contributed by atoms with van der Waals surface area (Å²) in [6, 6.07) is 3.83. The smallest absolute Gasteiger partial charge is 0.0791 e. The van der Waals surface area contributed by atoms with E-state index in [1.165, 1.54) is 0 Å². The van der Waals surface area contributed by atoms with Crippen LogP contribution in [0.3, 0.4) is 0 Å². The molecule has 1 N–H and O–H groups in total. The van der Waals surface area contributed by atoms with Crippen molar-refractivity contribution in [3.63, 3.8) is 0 Å². The van der Waals surface area contributed by atoms with Gasteiger partial charge in [0.05, 0.1) is 6.10 Å². The number of rotatable bonds is 4. The third-order valence-corrected chi connectivity index (χ3v) is 2.14. The second-order valence-corrected chi connectivity index (χ2v) is 3.39. The number of nitrogens with zero attached hydrogens (tertiary/aromatic N) is 1. The van der Waals surface area contributed by atoms with Crippen molar-refractivity contribution in [2.24, 2.45) is 0 Å². The second kappa shape index (κ2) is 4.97. The minimum absolute atomic E-state index is 0.318. The fourth-order valence-electron chi connectivity index (χ4n) is 1.34. The summed E-state index contributed by atoms with van der Waals surface area (Å²) < 4.78 is 0. The molecule has 0 amide bonds. The lowest BCUT2D eigenvalue weighted by Crippen LogP contribution is -1.98. The van der Waals surface area contributed by atoms with E-state index in [2.05, 4.69) is 11.9 Å². The van der Waals surface area contributed by atoms with Crippen LogP contribution in [0.15, 0.2) is 18.3 Å². The van der Waals surface area contributed by atoms with E-state index in [0.717, 1.165) is 30.5 Å². The molecule has 0 aliphatic rings. The van der Waals surface area contributed by atoms with Gasteiger partial charge in [0, 0.05) is 11.9 Å². The van der Waals surface area contributed by atoms with E-state index in [9.17, 15) is 5.11 Å². The van der Waals surface area contributed by atoms with Gasteiger partial charge in [0.15, 0.2) is 0 Å². The highest BCUT2D eigenvalue weighted by Crippen LogP contribution is 2.18. The van der Waals surface area contributed by atoms with Crippen LogP contribution in [-0.2, 0) is 0 Å². The first kappa shape index (κ1) is 10.2. The quantitative estimate of drug-likeness (QED) is 0.770. The van der Waals surface area contributed by atoms with Gasteiger partial charge in [-0.25, -0.2) is 0 Å². The summed E-state index contributed by atoms with van der Waals surface area (Å²) in [7, 11) is 0. The third-order valence-electron chi connectivity index (χ3n) is 2.14. The molecule has 1 aromatic heterocycles. The summed E-state index contributed by atoms with van der Waals surface area (Å²) in [5, 5.41) is 9.75. The number of aliphatic hydroxyl groups is 1. The normalized spacial score (nSPS) is 12.8. The molecule has 1 atom stereocenters. The van der Waals surface area contributed by atoms with Crippen LogP contribution in [0, 0.1) is 6.92 Å². The molecule has 0 aliphatic heterocycles. The third kappa shape index (κ3) is 3.15. The maximum absolute atomic E-state index is 9.75. The predicted octanol–water partition coefficient (Wildman–Crippen LogP) is 2.61. The monoisotopic (exact) mass is 179 g/mol. The molecule has 2 heteroatoms. The summed E-state index contributed by atoms with van der Waals surface area (Å²) in [5.74, 6) is 0. The highest BCUT2D eigenvalue weighted by molar-refractivity contribution is 5.17. The Labute approximate surface area is 79.6 Å². The maximum atomic E-state index is 9.75. The molecule has 0 fully saturated rings. The van der Waals surface area contributed by atoms with Crippen LogP contribution in [0.1, 0.15) is 43.5 Å². The molecule has 0 bridgehead atoms. The van der Waals surface area contributed by atoms with Crippen molar-refractivity contribution in [3.05, 3.63) is 29.6 Å². The topological polar surface area (TPSA) is 33.1 Å². The molecule has 13 heavy (non-hydrogen) atoms. The number of aromatic nitrogens is 1. The summed E-state index contributed by atoms with van der Waals surface area (Å²) in [6.45, 7) is 4.07. The number of hydrogen-bond acceptors (Lipinski definition) is 2. The molecule has 72 valence electrons. The van der Waals surface area contributed by atoms with Crippen molar-refractivity contribution < 1.29 is 5.11 Å². The van der Waals surface area contributed by atoms with Gasteiger partial charge in [-0.15, -0.1) is 0 Å². The molecule has 0 saturated heterocycles. The second-order valence-electron chi connectivity index (χ2n) is 3.39. The lowest BCUT2D eigenvalue weighted by atomic mass is 10.0. The first-order valence-corrected chi connectivity index (χ1v) is 4.84. The minimum atomic E-state index is -0.318. The van der Waals surface area contributed by atoms with E-state index in [1.54, 1.807) is 6.20 Å². The summed E-state index contributed by atoms with van der Waals surface area (Å²) in [6.07, 6.45) is 4.48. The summed E-state index contributed by atoms with van der Waals surface area (Å²) in [4.78, 5) is 4.09. The van der Waals surface area contributed by atoms with Gasteiger partial charge in [-0.2, -0.15) is 0 Å². The molecule has 1 rings (SSSR count). The summed E-state index contributed by atoms with van der Waals surface area (Å²) in [5.41, 5.74) is 1.95. The van der Waals surface area contributed by atoms with E-state index in [1.807, 2.05) is 19.1 Å². The van der Waals surface area contributed by atoms with Crippen LogP contribution >= 0.6 is 0 Å². The van der Waals surface area contributed by atoms with Crippen molar-refractivity contribution in [1.82, 2.24) is 4.98 Å². The molecule has 2 nitrogen and oxygen atoms in total.